The summed E-state index contributed by atoms with van der Waals surface area (Å²) in [6.07, 6.45) is 7.90. The Morgan fingerprint density at radius 3 is 2.34 bits per heavy atom. The lowest BCUT2D eigenvalue weighted by atomic mass is 9.49. The van der Waals surface area contributed by atoms with Gasteiger partial charge in [0.2, 0.25) is 0 Å². The fourth-order valence-corrected chi connectivity index (χ4v) is 6.21. The third-order valence-corrected chi connectivity index (χ3v) is 6.79. The van der Waals surface area contributed by atoms with Crippen LogP contribution in [0.4, 0.5) is 5.69 Å². The summed E-state index contributed by atoms with van der Waals surface area (Å²) in [4.78, 5) is 36.5. The third kappa shape index (κ3) is 4.62. The summed E-state index contributed by atoms with van der Waals surface area (Å²) >= 11 is 0. The van der Waals surface area contributed by atoms with Crippen molar-refractivity contribution in [2.45, 2.75) is 51.9 Å². The Labute approximate surface area is 171 Å². The van der Waals surface area contributed by atoms with Gasteiger partial charge in [0, 0.05) is 17.8 Å². The number of ether oxygens (including phenoxy) is 1. The zero-order valence-corrected chi connectivity index (χ0v) is 17.0. The SMILES string of the molecule is CCNC(=O)c1cccc(NC(=O)COC(=O)CC23CC4CC(CC(C4)C2)C3)c1. The van der Waals surface area contributed by atoms with E-state index in [1.54, 1.807) is 24.3 Å². The van der Waals surface area contributed by atoms with Gasteiger partial charge in [-0.05, 0) is 86.8 Å². The zero-order valence-electron chi connectivity index (χ0n) is 17.0. The van der Waals surface area contributed by atoms with Crippen LogP contribution in [0.2, 0.25) is 0 Å². The summed E-state index contributed by atoms with van der Waals surface area (Å²) in [6, 6.07) is 6.71. The highest BCUT2D eigenvalue weighted by Gasteiger charge is 2.51. The number of rotatable bonds is 7. The molecule has 0 radical (unpaired) electrons. The lowest BCUT2D eigenvalue weighted by Crippen LogP contribution is -2.47. The topological polar surface area (TPSA) is 84.5 Å². The molecule has 0 spiro atoms. The van der Waals surface area contributed by atoms with E-state index in [0.717, 1.165) is 37.0 Å². The molecule has 4 bridgehead atoms. The smallest absolute Gasteiger partial charge is 0.306 e. The minimum Gasteiger partial charge on any atom is -0.456 e. The summed E-state index contributed by atoms with van der Waals surface area (Å²) in [5.74, 6) is 1.51. The van der Waals surface area contributed by atoms with E-state index in [2.05, 4.69) is 10.6 Å². The highest BCUT2D eigenvalue weighted by molar-refractivity contribution is 5.97. The van der Waals surface area contributed by atoms with Gasteiger partial charge in [-0.15, -0.1) is 0 Å². The van der Waals surface area contributed by atoms with Crippen molar-refractivity contribution in [1.29, 1.82) is 0 Å². The average Bonchev–Trinajstić information content (AvgIpc) is 2.65. The quantitative estimate of drug-likeness (QED) is 0.688. The molecule has 0 aromatic heterocycles. The van der Waals surface area contributed by atoms with Crippen molar-refractivity contribution >= 4 is 23.5 Å². The number of anilines is 1. The van der Waals surface area contributed by atoms with E-state index in [-0.39, 0.29) is 23.9 Å². The summed E-state index contributed by atoms with van der Waals surface area (Å²) in [5, 5.41) is 5.42. The Hall–Kier alpha value is -2.37. The second-order valence-electron chi connectivity index (χ2n) is 9.24. The number of carbonyl (C=O) groups excluding carboxylic acids is 3. The Kier molecular flexibility index (Phi) is 5.61. The van der Waals surface area contributed by atoms with Crippen LogP contribution < -0.4 is 10.6 Å². The molecular weight excluding hydrogens is 368 g/mol. The van der Waals surface area contributed by atoms with E-state index in [0.29, 0.717) is 24.2 Å². The molecule has 4 aliphatic rings. The van der Waals surface area contributed by atoms with Gasteiger partial charge in [-0.25, -0.2) is 0 Å². The van der Waals surface area contributed by atoms with Crippen molar-refractivity contribution < 1.29 is 19.1 Å². The van der Waals surface area contributed by atoms with Crippen LogP contribution in [-0.4, -0.2) is 30.9 Å². The number of hydrogen-bond acceptors (Lipinski definition) is 4. The molecule has 4 aliphatic carbocycles. The number of amides is 2. The molecule has 4 fully saturated rings. The van der Waals surface area contributed by atoms with E-state index >= 15 is 0 Å². The Morgan fingerprint density at radius 2 is 1.72 bits per heavy atom. The molecule has 2 amide bonds. The van der Waals surface area contributed by atoms with Crippen molar-refractivity contribution in [3.05, 3.63) is 29.8 Å². The Bertz CT molecular complexity index is 769. The number of esters is 1. The van der Waals surface area contributed by atoms with E-state index in [9.17, 15) is 14.4 Å². The van der Waals surface area contributed by atoms with Gasteiger partial charge in [0.05, 0.1) is 6.42 Å². The Balaban J connectivity index is 1.26. The standard InChI is InChI=1S/C23H30N2O4/c1-2-24-22(28)18-4-3-5-19(9-18)25-20(26)14-29-21(27)13-23-10-15-6-16(11-23)8-17(7-15)12-23/h3-5,9,15-17H,2,6-8,10-14H2,1H3,(H,24,28)(H,25,26). The monoisotopic (exact) mass is 398 g/mol. The largest absolute Gasteiger partial charge is 0.456 e. The fourth-order valence-electron chi connectivity index (χ4n) is 6.21. The fraction of sp³-hybridized carbons (Fsp3) is 0.609. The van der Waals surface area contributed by atoms with Crippen LogP contribution >= 0.6 is 0 Å². The molecule has 29 heavy (non-hydrogen) atoms. The summed E-state index contributed by atoms with van der Waals surface area (Å²) in [7, 11) is 0. The molecule has 2 N–H and O–H groups in total. The minimum atomic E-state index is -0.392. The van der Waals surface area contributed by atoms with Crippen LogP contribution in [-0.2, 0) is 14.3 Å². The molecule has 0 aliphatic heterocycles. The predicted molar refractivity (Wildman–Crippen MR) is 109 cm³/mol. The second-order valence-corrected chi connectivity index (χ2v) is 9.24. The molecular formula is C23H30N2O4. The van der Waals surface area contributed by atoms with Gasteiger partial charge < -0.3 is 15.4 Å². The zero-order chi connectivity index (χ0) is 20.4. The number of benzene rings is 1. The number of nitrogens with one attached hydrogen (secondary N) is 2. The molecule has 156 valence electrons. The average molecular weight is 399 g/mol. The molecule has 0 atom stereocenters. The summed E-state index contributed by atoms with van der Waals surface area (Å²) < 4.78 is 5.30. The van der Waals surface area contributed by atoms with Crippen LogP contribution in [0.25, 0.3) is 0 Å². The maximum absolute atomic E-state index is 12.4. The first kappa shape index (κ1) is 19.9. The van der Waals surface area contributed by atoms with Crippen molar-refractivity contribution in [1.82, 2.24) is 5.32 Å². The first-order valence-corrected chi connectivity index (χ1v) is 10.8. The van der Waals surface area contributed by atoms with E-state index in [1.807, 2.05) is 6.92 Å². The lowest BCUT2D eigenvalue weighted by Gasteiger charge is -2.56. The van der Waals surface area contributed by atoms with Crippen LogP contribution in [0.5, 0.6) is 0 Å². The van der Waals surface area contributed by atoms with Gasteiger partial charge in [-0.2, -0.15) is 0 Å². The Morgan fingerprint density at radius 1 is 1.07 bits per heavy atom. The van der Waals surface area contributed by atoms with E-state index < -0.39 is 5.91 Å². The first-order chi connectivity index (χ1) is 13.9. The summed E-state index contributed by atoms with van der Waals surface area (Å²) in [6.45, 7) is 2.09. The molecule has 4 saturated carbocycles. The predicted octanol–water partition coefficient (Wildman–Crippen LogP) is 3.52. The van der Waals surface area contributed by atoms with E-state index in [4.69, 9.17) is 4.74 Å². The van der Waals surface area contributed by atoms with Crippen LogP contribution in [0, 0.1) is 23.2 Å². The van der Waals surface area contributed by atoms with Crippen LogP contribution in [0.3, 0.4) is 0 Å². The molecule has 1 aromatic carbocycles. The summed E-state index contributed by atoms with van der Waals surface area (Å²) in [5.41, 5.74) is 1.10. The second kappa shape index (κ2) is 8.17. The molecule has 0 saturated heterocycles. The van der Waals surface area contributed by atoms with Gasteiger partial charge in [0.25, 0.3) is 11.8 Å². The first-order valence-electron chi connectivity index (χ1n) is 10.8. The van der Waals surface area contributed by atoms with Crippen LogP contribution in [0.15, 0.2) is 24.3 Å². The van der Waals surface area contributed by atoms with Crippen molar-refractivity contribution in [3.8, 4) is 0 Å². The van der Waals surface area contributed by atoms with Crippen molar-refractivity contribution in [2.75, 3.05) is 18.5 Å². The van der Waals surface area contributed by atoms with Gasteiger partial charge in [-0.3, -0.25) is 14.4 Å². The number of hydrogen-bond donors (Lipinski definition) is 2. The van der Waals surface area contributed by atoms with E-state index in [1.165, 1.54) is 19.3 Å². The highest BCUT2D eigenvalue weighted by atomic mass is 16.5. The maximum atomic E-state index is 12.4. The van der Waals surface area contributed by atoms with Gasteiger partial charge in [0.15, 0.2) is 6.61 Å². The molecule has 6 heteroatoms. The van der Waals surface area contributed by atoms with Gasteiger partial charge in [-0.1, -0.05) is 6.07 Å². The molecule has 1 aromatic rings. The molecule has 0 unspecified atom stereocenters. The van der Waals surface area contributed by atoms with Gasteiger partial charge in [0.1, 0.15) is 0 Å². The van der Waals surface area contributed by atoms with Gasteiger partial charge >= 0.3 is 5.97 Å². The van der Waals surface area contributed by atoms with Crippen molar-refractivity contribution in [2.24, 2.45) is 23.2 Å². The molecule has 6 nitrogen and oxygen atoms in total. The molecule has 0 heterocycles. The van der Waals surface area contributed by atoms with Crippen molar-refractivity contribution in [3.63, 3.8) is 0 Å². The maximum Gasteiger partial charge on any atom is 0.306 e. The number of carbonyl (C=O) groups is 3. The van der Waals surface area contributed by atoms with Crippen LogP contribution in [0.1, 0.15) is 62.2 Å². The normalized spacial score (nSPS) is 29.3. The minimum absolute atomic E-state index is 0.114. The third-order valence-electron chi connectivity index (χ3n) is 6.79. The molecule has 5 rings (SSSR count). The lowest BCUT2D eigenvalue weighted by molar-refractivity contribution is -0.154. The highest BCUT2D eigenvalue weighted by Crippen LogP contribution is 2.61.